The highest BCUT2D eigenvalue weighted by atomic mass is 16.5. The smallest absolute Gasteiger partial charge is 0.306 e. The standard InChI is InChI=1S/C16H32O3/c1-14(2)13-16(17)19-12-10-8-6-5-7-9-11-18-15(3)4/h14-15H,5-13H2,1-4H3. The highest BCUT2D eigenvalue weighted by Crippen LogP contribution is 2.07. The molecule has 0 unspecified atom stereocenters. The van der Waals surface area contributed by atoms with E-state index in [2.05, 4.69) is 13.8 Å². The van der Waals surface area contributed by atoms with E-state index >= 15 is 0 Å². The fraction of sp³-hybridized carbons (Fsp3) is 0.938. The third-order valence-electron chi connectivity index (χ3n) is 2.83. The average Bonchev–Trinajstić information content (AvgIpc) is 2.30. The van der Waals surface area contributed by atoms with Gasteiger partial charge in [-0.3, -0.25) is 4.79 Å². The number of carbonyl (C=O) groups is 1. The molecule has 19 heavy (non-hydrogen) atoms. The van der Waals surface area contributed by atoms with Gasteiger partial charge in [-0.1, -0.05) is 39.5 Å². The normalized spacial score (nSPS) is 11.3. The van der Waals surface area contributed by atoms with Crippen LogP contribution in [0.4, 0.5) is 0 Å². The van der Waals surface area contributed by atoms with Crippen LogP contribution in [0.15, 0.2) is 0 Å². The second-order valence-corrected chi connectivity index (χ2v) is 5.86. The molecule has 0 aromatic carbocycles. The Labute approximate surface area is 119 Å². The van der Waals surface area contributed by atoms with Crippen LogP contribution in [-0.2, 0) is 14.3 Å². The van der Waals surface area contributed by atoms with Crippen LogP contribution in [0.5, 0.6) is 0 Å². The summed E-state index contributed by atoms with van der Waals surface area (Å²) in [6.07, 6.45) is 7.90. The molecular formula is C16H32O3. The number of rotatable bonds is 12. The SMILES string of the molecule is CC(C)CC(=O)OCCCCCCCCOC(C)C. The molecule has 3 heteroatoms. The lowest BCUT2D eigenvalue weighted by atomic mass is 10.1. The highest BCUT2D eigenvalue weighted by molar-refractivity contribution is 5.69. The maximum absolute atomic E-state index is 11.3. The van der Waals surface area contributed by atoms with E-state index in [9.17, 15) is 4.79 Å². The van der Waals surface area contributed by atoms with Gasteiger partial charge in [0, 0.05) is 13.0 Å². The van der Waals surface area contributed by atoms with Gasteiger partial charge in [-0.2, -0.15) is 0 Å². The Bertz CT molecular complexity index is 212. The first-order chi connectivity index (χ1) is 9.02. The minimum atomic E-state index is -0.0548. The van der Waals surface area contributed by atoms with Gasteiger partial charge in [0.25, 0.3) is 0 Å². The molecule has 0 N–H and O–H groups in total. The Kier molecular flexibility index (Phi) is 12.1. The predicted molar refractivity (Wildman–Crippen MR) is 79.2 cm³/mol. The van der Waals surface area contributed by atoms with E-state index in [-0.39, 0.29) is 5.97 Å². The summed E-state index contributed by atoms with van der Waals surface area (Å²) in [5, 5.41) is 0. The lowest BCUT2D eigenvalue weighted by Gasteiger charge is -2.07. The van der Waals surface area contributed by atoms with Gasteiger partial charge in [0.05, 0.1) is 12.7 Å². The molecule has 0 aromatic heterocycles. The first-order valence-electron chi connectivity index (χ1n) is 7.79. The van der Waals surface area contributed by atoms with Gasteiger partial charge in [-0.25, -0.2) is 0 Å². The number of esters is 1. The van der Waals surface area contributed by atoms with Gasteiger partial charge in [0.2, 0.25) is 0 Å². The summed E-state index contributed by atoms with van der Waals surface area (Å²) in [6.45, 7) is 9.67. The lowest BCUT2D eigenvalue weighted by molar-refractivity contribution is -0.144. The average molecular weight is 272 g/mol. The molecule has 0 radical (unpaired) electrons. The van der Waals surface area contributed by atoms with Crippen LogP contribution in [0.2, 0.25) is 0 Å². The summed E-state index contributed by atoms with van der Waals surface area (Å²) in [6, 6.07) is 0. The minimum Gasteiger partial charge on any atom is -0.466 e. The fourth-order valence-electron chi connectivity index (χ4n) is 1.81. The van der Waals surface area contributed by atoms with E-state index in [0.717, 1.165) is 25.9 Å². The van der Waals surface area contributed by atoms with Gasteiger partial charge in [0.15, 0.2) is 0 Å². The number of carbonyl (C=O) groups excluding carboxylic acids is 1. The predicted octanol–water partition coefficient (Wildman–Crippen LogP) is 4.34. The number of unbranched alkanes of at least 4 members (excludes halogenated alkanes) is 5. The maximum atomic E-state index is 11.3. The maximum Gasteiger partial charge on any atom is 0.306 e. The second-order valence-electron chi connectivity index (χ2n) is 5.86. The summed E-state index contributed by atoms with van der Waals surface area (Å²) in [4.78, 5) is 11.3. The molecule has 3 nitrogen and oxygen atoms in total. The molecule has 0 rings (SSSR count). The van der Waals surface area contributed by atoms with Gasteiger partial charge < -0.3 is 9.47 Å². The summed E-state index contributed by atoms with van der Waals surface area (Å²) < 4.78 is 10.7. The molecule has 0 heterocycles. The van der Waals surface area contributed by atoms with Crippen molar-refractivity contribution in [3.8, 4) is 0 Å². The van der Waals surface area contributed by atoms with Gasteiger partial charge in [0.1, 0.15) is 0 Å². The van der Waals surface area contributed by atoms with Crippen LogP contribution in [0, 0.1) is 5.92 Å². The molecule has 0 atom stereocenters. The zero-order valence-electron chi connectivity index (χ0n) is 13.2. The van der Waals surface area contributed by atoms with Gasteiger partial charge in [-0.05, 0) is 32.6 Å². The first kappa shape index (κ1) is 18.4. The molecule has 0 spiro atoms. The van der Waals surface area contributed by atoms with Crippen molar-refractivity contribution in [2.45, 2.75) is 78.7 Å². The van der Waals surface area contributed by atoms with Crippen LogP contribution in [0.25, 0.3) is 0 Å². The number of hydrogen-bond acceptors (Lipinski definition) is 3. The van der Waals surface area contributed by atoms with Crippen molar-refractivity contribution in [3.63, 3.8) is 0 Å². The molecule has 114 valence electrons. The van der Waals surface area contributed by atoms with Crippen LogP contribution in [0.3, 0.4) is 0 Å². The van der Waals surface area contributed by atoms with E-state index in [1.54, 1.807) is 0 Å². The molecule has 0 fully saturated rings. The topological polar surface area (TPSA) is 35.5 Å². The number of hydrogen-bond donors (Lipinski definition) is 0. The molecule has 0 amide bonds. The van der Waals surface area contributed by atoms with Crippen LogP contribution < -0.4 is 0 Å². The third-order valence-corrected chi connectivity index (χ3v) is 2.83. The van der Waals surface area contributed by atoms with E-state index in [1.807, 2.05) is 13.8 Å². The summed E-state index contributed by atoms with van der Waals surface area (Å²) in [5.41, 5.74) is 0. The van der Waals surface area contributed by atoms with E-state index in [0.29, 0.717) is 25.0 Å². The monoisotopic (exact) mass is 272 g/mol. The van der Waals surface area contributed by atoms with Crippen LogP contribution in [-0.4, -0.2) is 25.3 Å². The van der Waals surface area contributed by atoms with E-state index < -0.39 is 0 Å². The Balaban J connectivity index is 3.13. The molecule has 0 bridgehead atoms. The number of ether oxygens (including phenoxy) is 2. The minimum absolute atomic E-state index is 0.0548. The van der Waals surface area contributed by atoms with Crippen molar-refractivity contribution in [2.75, 3.05) is 13.2 Å². The van der Waals surface area contributed by atoms with E-state index in [4.69, 9.17) is 9.47 Å². The molecular weight excluding hydrogens is 240 g/mol. The fourth-order valence-corrected chi connectivity index (χ4v) is 1.81. The second kappa shape index (κ2) is 12.5. The van der Waals surface area contributed by atoms with Crippen molar-refractivity contribution in [2.24, 2.45) is 5.92 Å². The molecule has 0 aromatic rings. The molecule has 0 saturated carbocycles. The Morgan fingerprint density at radius 3 is 1.89 bits per heavy atom. The van der Waals surface area contributed by atoms with Crippen LogP contribution in [0.1, 0.15) is 72.6 Å². The van der Waals surface area contributed by atoms with Crippen molar-refractivity contribution in [1.29, 1.82) is 0 Å². The van der Waals surface area contributed by atoms with Gasteiger partial charge in [-0.15, -0.1) is 0 Å². The zero-order chi connectivity index (χ0) is 14.5. The van der Waals surface area contributed by atoms with Crippen molar-refractivity contribution >= 4 is 5.97 Å². The summed E-state index contributed by atoms with van der Waals surface area (Å²) in [5.74, 6) is 0.335. The summed E-state index contributed by atoms with van der Waals surface area (Å²) >= 11 is 0. The molecule has 0 aliphatic heterocycles. The Morgan fingerprint density at radius 2 is 1.37 bits per heavy atom. The van der Waals surface area contributed by atoms with Crippen LogP contribution >= 0.6 is 0 Å². The summed E-state index contributed by atoms with van der Waals surface area (Å²) in [7, 11) is 0. The molecule has 0 saturated heterocycles. The third kappa shape index (κ3) is 15.4. The largest absolute Gasteiger partial charge is 0.466 e. The lowest BCUT2D eigenvalue weighted by Crippen LogP contribution is -2.08. The van der Waals surface area contributed by atoms with Crippen molar-refractivity contribution in [1.82, 2.24) is 0 Å². The quantitative estimate of drug-likeness (QED) is 0.391. The molecule has 0 aliphatic carbocycles. The van der Waals surface area contributed by atoms with E-state index in [1.165, 1.54) is 19.3 Å². The highest BCUT2D eigenvalue weighted by Gasteiger charge is 2.05. The first-order valence-corrected chi connectivity index (χ1v) is 7.79. The zero-order valence-corrected chi connectivity index (χ0v) is 13.2. The Hall–Kier alpha value is -0.570. The van der Waals surface area contributed by atoms with Crippen molar-refractivity contribution < 1.29 is 14.3 Å². The molecule has 0 aliphatic rings. The van der Waals surface area contributed by atoms with Crippen molar-refractivity contribution in [3.05, 3.63) is 0 Å². The van der Waals surface area contributed by atoms with Gasteiger partial charge >= 0.3 is 5.97 Å². The Morgan fingerprint density at radius 1 is 0.842 bits per heavy atom.